The maximum Gasteiger partial charge on any atom is 0.113 e. The van der Waals surface area contributed by atoms with Gasteiger partial charge in [-0.3, -0.25) is 0 Å². The molecule has 0 unspecified atom stereocenters. The average Bonchev–Trinajstić information content (AvgIpc) is 2.71. The van der Waals surface area contributed by atoms with Gasteiger partial charge in [0.15, 0.2) is 0 Å². The number of nitrogens with one attached hydrogen (secondary N) is 1. The van der Waals surface area contributed by atoms with Crippen molar-refractivity contribution < 1.29 is 0 Å². The SMILES string of the molecule is [B]c1cccc(NC2CC2)c1. The third-order valence-electron chi connectivity index (χ3n) is 1.83. The molecule has 11 heavy (non-hydrogen) atoms. The third kappa shape index (κ3) is 1.76. The summed E-state index contributed by atoms with van der Waals surface area (Å²) in [5.74, 6) is 0. The van der Waals surface area contributed by atoms with E-state index < -0.39 is 0 Å². The van der Waals surface area contributed by atoms with Crippen LogP contribution in [0.5, 0.6) is 0 Å². The summed E-state index contributed by atoms with van der Waals surface area (Å²) in [6, 6.07) is 8.60. The lowest BCUT2D eigenvalue weighted by molar-refractivity contribution is 1.16. The fraction of sp³-hybridized carbons (Fsp3) is 0.333. The van der Waals surface area contributed by atoms with Crippen molar-refractivity contribution in [1.29, 1.82) is 0 Å². The molecule has 1 nitrogen and oxygen atoms in total. The summed E-state index contributed by atoms with van der Waals surface area (Å²) in [5.41, 5.74) is 1.98. The molecule has 54 valence electrons. The van der Waals surface area contributed by atoms with E-state index in [2.05, 4.69) is 11.4 Å². The van der Waals surface area contributed by atoms with Gasteiger partial charge in [0.1, 0.15) is 7.85 Å². The lowest BCUT2D eigenvalue weighted by Crippen LogP contribution is -2.06. The number of hydrogen-bond donors (Lipinski definition) is 1. The first-order valence-electron chi connectivity index (χ1n) is 3.97. The molecule has 0 bridgehead atoms. The molecule has 0 heterocycles. The largest absolute Gasteiger partial charge is 0.382 e. The van der Waals surface area contributed by atoms with Crippen molar-refractivity contribution in [3.63, 3.8) is 0 Å². The zero-order valence-electron chi connectivity index (χ0n) is 6.38. The molecular formula is C9H10BN. The molecule has 2 rings (SSSR count). The summed E-state index contributed by atoms with van der Waals surface area (Å²) >= 11 is 0. The molecule has 1 saturated carbocycles. The highest BCUT2D eigenvalue weighted by Crippen LogP contribution is 2.23. The van der Waals surface area contributed by atoms with Crippen LogP contribution in [0.2, 0.25) is 0 Å². The van der Waals surface area contributed by atoms with Crippen molar-refractivity contribution in [3.8, 4) is 0 Å². The highest BCUT2D eigenvalue weighted by atomic mass is 14.9. The van der Waals surface area contributed by atoms with E-state index in [1.807, 2.05) is 18.2 Å². The van der Waals surface area contributed by atoms with E-state index in [-0.39, 0.29) is 0 Å². The Balaban J connectivity index is 2.10. The van der Waals surface area contributed by atoms with Gasteiger partial charge >= 0.3 is 0 Å². The molecule has 1 aromatic rings. The van der Waals surface area contributed by atoms with Crippen LogP contribution < -0.4 is 10.8 Å². The minimum atomic E-state index is 0.705. The molecule has 0 atom stereocenters. The van der Waals surface area contributed by atoms with Crippen molar-refractivity contribution in [2.75, 3.05) is 5.32 Å². The van der Waals surface area contributed by atoms with Gasteiger partial charge in [-0.2, -0.15) is 0 Å². The van der Waals surface area contributed by atoms with Gasteiger partial charge in [-0.05, 0) is 25.0 Å². The first kappa shape index (κ1) is 6.77. The van der Waals surface area contributed by atoms with Crippen molar-refractivity contribution in [2.45, 2.75) is 18.9 Å². The fourth-order valence-electron chi connectivity index (χ4n) is 1.09. The molecular weight excluding hydrogens is 133 g/mol. The summed E-state index contributed by atoms with van der Waals surface area (Å²) in [7, 11) is 5.61. The normalized spacial score (nSPS) is 16.4. The summed E-state index contributed by atoms with van der Waals surface area (Å²) in [4.78, 5) is 0. The maximum absolute atomic E-state index is 5.61. The van der Waals surface area contributed by atoms with Gasteiger partial charge in [0.2, 0.25) is 0 Å². The molecule has 1 N–H and O–H groups in total. The second-order valence-corrected chi connectivity index (χ2v) is 3.04. The quantitative estimate of drug-likeness (QED) is 0.610. The first-order chi connectivity index (χ1) is 5.34. The predicted molar refractivity (Wildman–Crippen MR) is 48.5 cm³/mol. The zero-order valence-corrected chi connectivity index (χ0v) is 6.38. The monoisotopic (exact) mass is 143 g/mol. The van der Waals surface area contributed by atoms with Gasteiger partial charge in [0.05, 0.1) is 0 Å². The molecule has 1 fully saturated rings. The van der Waals surface area contributed by atoms with E-state index in [1.54, 1.807) is 0 Å². The lowest BCUT2D eigenvalue weighted by Gasteiger charge is -2.03. The molecule has 0 aliphatic heterocycles. The summed E-state index contributed by atoms with van der Waals surface area (Å²) < 4.78 is 0. The standard InChI is InChI=1S/C9H10BN/c10-7-2-1-3-9(6-7)11-8-4-5-8/h1-3,6,8,11H,4-5H2. The van der Waals surface area contributed by atoms with E-state index in [4.69, 9.17) is 7.85 Å². The number of benzene rings is 1. The van der Waals surface area contributed by atoms with Crippen LogP contribution in [0.4, 0.5) is 5.69 Å². The molecule has 2 heteroatoms. The van der Waals surface area contributed by atoms with Gasteiger partial charge in [-0.25, -0.2) is 0 Å². The third-order valence-corrected chi connectivity index (χ3v) is 1.83. The average molecular weight is 143 g/mol. The number of anilines is 1. The lowest BCUT2D eigenvalue weighted by atomic mass is 9.96. The van der Waals surface area contributed by atoms with Crippen LogP contribution in [0.25, 0.3) is 0 Å². The van der Waals surface area contributed by atoms with Crippen molar-refractivity contribution in [3.05, 3.63) is 24.3 Å². The van der Waals surface area contributed by atoms with Gasteiger partial charge in [0, 0.05) is 11.7 Å². The Hall–Kier alpha value is -0.915. The minimum absolute atomic E-state index is 0.705. The van der Waals surface area contributed by atoms with Gasteiger partial charge in [-0.15, -0.1) is 0 Å². The first-order valence-corrected chi connectivity index (χ1v) is 3.97. The van der Waals surface area contributed by atoms with Crippen LogP contribution >= 0.6 is 0 Å². The molecule has 0 aromatic heterocycles. The Morgan fingerprint density at radius 2 is 2.18 bits per heavy atom. The zero-order chi connectivity index (χ0) is 7.68. The van der Waals surface area contributed by atoms with Gasteiger partial charge in [0.25, 0.3) is 0 Å². The van der Waals surface area contributed by atoms with Crippen LogP contribution in [0.3, 0.4) is 0 Å². The molecule has 1 aromatic carbocycles. The van der Waals surface area contributed by atoms with Crippen molar-refractivity contribution in [2.24, 2.45) is 0 Å². The molecule has 0 spiro atoms. The van der Waals surface area contributed by atoms with Crippen LogP contribution in [-0.2, 0) is 0 Å². The Kier molecular flexibility index (Phi) is 1.61. The summed E-state index contributed by atoms with van der Waals surface area (Å²) in [6.07, 6.45) is 2.60. The molecule has 2 radical (unpaired) electrons. The van der Waals surface area contributed by atoms with Crippen LogP contribution in [-0.4, -0.2) is 13.9 Å². The molecule has 1 aliphatic rings. The van der Waals surface area contributed by atoms with E-state index in [0.717, 1.165) is 11.2 Å². The topological polar surface area (TPSA) is 12.0 Å². The highest BCUT2D eigenvalue weighted by molar-refractivity contribution is 6.32. The summed E-state index contributed by atoms with van der Waals surface area (Å²) in [6.45, 7) is 0. The Morgan fingerprint density at radius 1 is 1.36 bits per heavy atom. The Bertz CT molecular complexity index is 255. The molecule has 0 saturated heterocycles. The second-order valence-electron chi connectivity index (χ2n) is 3.04. The molecule has 1 aliphatic carbocycles. The van der Waals surface area contributed by atoms with Crippen LogP contribution in [0, 0.1) is 0 Å². The van der Waals surface area contributed by atoms with Crippen LogP contribution in [0.1, 0.15) is 12.8 Å². The van der Waals surface area contributed by atoms with Crippen LogP contribution in [0.15, 0.2) is 24.3 Å². The van der Waals surface area contributed by atoms with Crippen molar-refractivity contribution in [1.82, 2.24) is 0 Å². The minimum Gasteiger partial charge on any atom is -0.382 e. The maximum atomic E-state index is 5.61. The highest BCUT2D eigenvalue weighted by Gasteiger charge is 2.20. The Labute approximate surface area is 68.2 Å². The van der Waals surface area contributed by atoms with Gasteiger partial charge < -0.3 is 5.32 Å². The van der Waals surface area contributed by atoms with Crippen molar-refractivity contribution >= 4 is 19.0 Å². The van der Waals surface area contributed by atoms with E-state index in [9.17, 15) is 0 Å². The smallest absolute Gasteiger partial charge is 0.113 e. The Morgan fingerprint density at radius 3 is 2.82 bits per heavy atom. The van der Waals surface area contributed by atoms with E-state index in [1.165, 1.54) is 12.8 Å². The second kappa shape index (κ2) is 2.61. The number of rotatable bonds is 2. The van der Waals surface area contributed by atoms with Gasteiger partial charge in [-0.1, -0.05) is 17.6 Å². The van der Waals surface area contributed by atoms with E-state index >= 15 is 0 Å². The molecule has 0 amide bonds. The van der Waals surface area contributed by atoms with E-state index in [0.29, 0.717) is 6.04 Å². The predicted octanol–water partition coefficient (Wildman–Crippen LogP) is 1.05. The fourth-order valence-corrected chi connectivity index (χ4v) is 1.09. The summed E-state index contributed by atoms with van der Waals surface area (Å²) in [5, 5.41) is 3.38. The number of hydrogen-bond acceptors (Lipinski definition) is 1.